The maximum absolute atomic E-state index is 13.8. The van der Waals surface area contributed by atoms with Crippen molar-refractivity contribution < 1.29 is 13.5 Å². The summed E-state index contributed by atoms with van der Waals surface area (Å²) in [6.45, 7) is 0. The van der Waals surface area contributed by atoms with Crippen molar-refractivity contribution in [3.63, 3.8) is 0 Å². The summed E-state index contributed by atoms with van der Waals surface area (Å²) in [4.78, 5) is 0. The first-order valence-electron chi connectivity index (χ1n) is 5.49. The van der Waals surface area contributed by atoms with Crippen LogP contribution in [0.5, 0.6) is 5.75 Å². The van der Waals surface area contributed by atoms with Crippen LogP contribution in [0.4, 0.5) is 8.78 Å². The Labute approximate surface area is 113 Å². The normalized spacial score (nSPS) is 20.0. The van der Waals surface area contributed by atoms with E-state index in [9.17, 15) is 8.78 Å². The molecule has 1 aliphatic carbocycles. The zero-order valence-electron chi connectivity index (χ0n) is 9.47. The van der Waals surface area contributed by atoms with E-state index in [-0.39, 0.29) is 5.75 Å². The molecule has 1 nitrogen and oxygen atoms in total. The summed E-state index contributed by atoms with van der Waals surface area (Å²) in [5.41, 5.74) is 1.27. The van der Waals surface area contributed by atoms with E-state index in [0.29, 0.717) is 9.49 Å². The summed E-state index contributed by atoms with van der Waals surface area (Å²) in [6, 6.07) is 3.07. The molecule has 1 unspecified atom stereocenters. The highest BCUT2D eigenvalue weighted by Gasteiger charge is 2.19. The second kappa shape index (κ2) is 5.33. The fourth-order valence-corrected chi connectivity index (χ4v) is 2.55. The van der Waals surface area contributed by atoms with Crippen LogP contribution < -0.4 is 4.74 Å². The van der Waals surface area contributed by atoms with Crippen LogP contribution in [0, 0.1) is 11.6 Å². The Kier molecular flexibility index (Phi) is 4.01. The summed E-state index contributed by atoms with van der Waals surface area (Å²) in [5, 5.41) is 0. The summed E-state index contributed by atoms with van der Waals surface area (Å²) in [7, 11) is 1.33. The molecule has 1 aromatic rings. The summed E-state index contributed by atoms with van der Waals surface area (Å²) >= 11 is 2.38. The van der Waals surface area contributed by atoms with Crippen LogP contribution in [0.25, 0.3) is 5.57 Å². The number of ether oxygens (including phenoxy) is 1. The van der Waals surface area contributed by atoms with Gasteiger partial charge in [0.2, 0.25) is 5.82 Å². The van der Waals surface area contributed by atoms with Crippen molar-refractivity contribution in [1.82, 2.24) is 0 Å². The molecule has 0 aromatic heterocycles. The van der Waals surface area contributed by atoms with Gasteiger partial charge in [-0.15, -0.1) is 0 Å². The zero-order valence-corrected chi connectivity index (χ0v) is 11.6. The summed E-state index contributed by atoms with van der Waals surface area (Å²) in [6.07, 6.45) is 4.74. The van der Waals surface area contributed by atoms with E-state index in [1.807, 2.05) is 6.08 Å². The minimum atomic E-state index is -0.900. The van der Waals surface area contributed by atoms with Crippen molar-refractivity contribution in [2.24, 2.45) is 0 Å². The number of benzene rings is 1. The lowest BCUT2D eigenvalue weighted by Crippen LogP contribution is -2.05. The van der Waals surface area contributed by atoms with Crippen molar-refractivity contribution in [3.8, 4) is 5.75 Å². The minimum Gasteiger partial charge on any atom is -0.494 e. The molecule has 0 saturated carbocycles. The molecule has 92 valence electrons. The van der Waals surface area contributed by atoms with Gasteiger partial charge >= 0.3 is 0 Å². The molecule has 0 bridgehead atoms. The number of halogens is 3. The Morgan fingerprint density at radius 3 is 2.65 bits per heavy atom. The number of alkyl halides is 1. The Balaban J connectivity index is 2.37. The van der Waals surface area contributed by atoms with Gasteiger partial charge in [-0.25, -0.2) is 4.39 Å². The Morgan fingerprint density at radius 1 is 1.29 bits per heavy atom. The predicted molar refractivity (Wildman–Crippen MR) is 72.5 cm³/mol. The van der Waals surface area contributed by atoms with Gasteiger partial charge in [-0.3, -0.25) is 0 Å². The van der Waals surface area contributed by atoms with E-state index in [2.05, 4.69) is 22.6 Å². The average molecular weight is 350 g/mol. The maximum Gasteiger partial charge on any atom is 0.201 e. The van der Waals surface area contributed by atoms with Crippen molar-refractivity contribution in [3.05, 3.63) is 35.4 Å². The van der Waals surface area contributed by atoms with Crippen LogP contribution in [-0.2, 0) is 0 Å². The maximum atomic E-state index is 13.8. The fourth-order valence-electron chi connectivity index (χ4n) is 1.98. The molecule has 0 aliphatic heterocycles. The predicted octanol–water partition coefficient (Wildman–Crippen LogP) is 4.34. The quantitative estimate of drug-likeness (QED) is 0.569. The molecule has 0 fully saturated rings. The molecule has 1 aromatic carbocycles. The first-order chi connectivity index (χ1) is 8.13. The molecule has 1 aliphatic rings. The van der Waals surface area contributed by atoms with Crippen LogP contribution in [0.15, 0.2) is 18.2 Å². The van der Waals surface area contributed by atoms with E-state index in [0.717, 1.165) is 24.8 Å². The van der Waals surface area contributed by atoms with Crippen molar-refractivity contribution in [2.45, 2.75) is 23.2 Å². The zero-order chi connectivity index (χ0) is 12.4. The molecule has 0 saturated heterocycles. The first-order valence-corrected chi connectivity index (χ1v) is 6.73. The first kappa shape index (κ1) is 12.8. The van der Waals surface area contributed by atoms with Gasteiger partial charge in [-0.2, -0.15) is 4.39 Å². The van der Waals surface area contributed by atoms with Crippen molar-refractivity contribution in [2.75, 3.05) is 7.11 Å². The highest BCUT2D eigenvalue weighted by Crippen LogP contribution is 2.34. The third-order valence-electron chi connectivity index (χ3n) is 2.96. The van der Waals surface area contributed by atoms with Gasteiger partial charge in [0.1, 0.15) is 0 Å². The SMILES string of the molecule is COc1ccc(C2=CCC(I)CC2)c(F)c1F. The summed E-state index contributed by atoms with van der Waals surface area (Å²) in [5.74, 6) is -1.75. The highest BCUT2D eigenvalue weighted by atomic mass is 127. The molecule has 2 rings (SSSR count). The lowest BCUT2D eigenvalue weighted by molar-refractivity contribution is 0.371. The second-order valence-corrected chi connectivity index (χ2v) is 5.81. The smallest absolute Gasteiger partial charge is 0.201 e. The van der Waals surface area contributed by atoms with Gasteiger partial charge in [0, 0.05) is 9.49 Å². The fraction of sp³-hybridized carbons (Fsp3) is 0.385. The third kappa shape index (κ3) is 2.61. The molecule has 0 radical (unpaired) electrons. The van der Waals surface area contributed by atoms with Gasteiger partial charge in [0.15, 0.2) is 11.6 Å². The number of hydrogen-bond acceptors (Lipinski definition) is 1. The van der Waals surface area contributed by atoms with Crippen molar-refractivity contribution >= 4 is 28.2 Å². The molecule has 0 spiro atoms. The standard InChI is InChI=1S/C13H13F2IO/c1-17-11-7-6-10(12(14)13(11)15)8-2-4-9(16)5-3-8/h2,6-7,9H,3-5H2,1H3. The Hall–Kier alpha value is -0.650. The monoisotopic (exact) mass is 350 g/mol. The van der Waals surface area contributed by atoms with E-state index in [1.165, 1.54) is 13.2 Å². The van der Waals surface area contributed by atoms with Gasteiger partial charge in [0.25, 0.3) is 0 Å². The van der Waals surface area contributed by atoms with Crippen LogP contribution in [0.1, 0.15) is 24.8 Å². The van der Waals surface area contributed by atoms with Crippen LogP contribution in [-0.4, -0.2) is 11.0 Å². The molecular weight excluding hydrogens is 337 g/mol. The molecule has 1 atom stereocenters. The van der Waals surface area contributed by atoms with Crippen molar-refractivity contribution in [1.29, 1.82) is 0 Å². The van der Waals surface area contributed by atoms with Crippen LogP contribution >= 0.6 is 22.6 Å². The van der Waals surface area contributed by atoms with E-state index < -0.39 is 11.6 Å². The largest absolute Gasteiger partial charge is 0.494 e. The topological polar surface area (TPSA) is 9.23 Å². The molecule has 4 heteroatoms. The number of rotatable bonds is 2. The third-order valence-corrected chi connectivity index (χ3v) is 4.09. The van der Waals surface area contributed by atoms with Crippen LogP contribution in [0.2, 0.25) is 0 Å². The van der Waals surface area contributed by atoms with Gasteiger partial charge in [-0.05, 0) is 37.0 Å². The number of methoxy groups -OCH3 is 1. The molecular formula is C13H13F2IO. The molecule has 0 heterocycles. The number of allylic oxidation sites excluding steroid dienone is 2. The van der Waals surface area contributed by atoms with Gasteiger partial charge < -0.3 is 4.74 Å². The number of hydrogen-bond donors (Lipinski definition) is 0. The van der Waals surface area contributed by atoms with E-state index in [4.69, 9.17) is 4.74 Å². The minimum absolute atomic E-state index is 0.0468. The average Bonchev–Trinajstić information content (AvgIpc) is 2.34. The van der Waals surface area contributed by atoms with Gasteiger partial charge in [-0.1, -0.05) is 28.7 Å². The lowest BCUT2D eigenvalue weighted by atomic mass is 9.93. The second-order valence-electron chi connectivity index (χ2n) is 4.04. The van der Waals surface area contributed by atoms with E-state index >= 15 is 0 Å². The van der Waals surface area contributed by atoms with Crippen LogP contribution in [0.3, 0.4) is 0 Å². The summed E-state index contributed by atoms with van der Waals surface area (Å²) < 4.78 is 32.7. The Bertz CT molecular complexity index is 457. The highest BCUT2D eigenvalue weighted by molar-refractivity contribution is 14.1. The van der Waals surface area contributed by atoms with E-state index in [1.54, 1.807) is 6.07 Å². The molecule has 17 heavy (non-hydrogen) atoms. The van der Waals surface area contributed by atoms with Gasteiger partial charge in [0.05, 0.1) is 7.11 Å². The molecule has 0 amide bonds. The lowest BCUT2D eigenvalue weighted by Gasteiger charge is -2.18. The molecule has 0 N–H and O–H groups in total. The Morgan fingerprint density at radius 2 is 2.06 bits per heavy atom.